The number of benzene rings is 1. The van der Waals surface area contributed by atoms with Gasteiger partial charge in [-0.15, -0.1) is 0 Å². The number of hydrogen-bond acceptors (Lipinski definition) is 5. The minimum atomic E-state index is -3.51. The van der Waals surface area contributed by atoms with Crippen LogP contribution in [-0.2, 0) is 14.8 Å². The molecule has 0 aromatic heterocycles. The van der Waals surface area contributed by atoms with Gasteiger partial charge in [-0.25, -0.2) is 8.42 Å². The molecule has 1 saturated heterocycles. The van der Waals surface area contributed by atoms with E-state index in [1.165, 1.54) is 4.31 Å². The predicted octanol–water partition coefficient (Wildman–Crippen LogP) is 1.39. The molecule has 21 heavy (non-hydrogen) atoms. The Morgan fingerprint density at radius 3 is 2.48 bits per heavy atom. The highest BCUT2D eigenvalue weighted by molar-refractivity contribution is 7.89. The second-order valence-corrected chi connectivity index (χ2v) is 7.32. The summed E-state index contributed by atoms with van der Waals surface area (Å²) < 4.78 is 32.7. The fourth-order valence-corrected chi connectivity index (χ4v) is 4.81. The molecule has 6 nitrogen and oxygen atoms in total. The summed E-state index contributed by atoms with van der Waals surface area (Å²) in [5.41, 5.74) is 4.65. The molecule has 0 saturated carbocycles. The molecule has 1 heterocycles. The summed E-state index contributed by atoms with van der Waals surface area (Å²) in [5.74, 6) is 5.40. The Balaban J connectivity index is 2.40. The Bertz CT molecular complexity index is 593. The number of sulfonamides is 1. The van der Waals surface area contributed by atoms with Gasteiger partial charge in [0.25, 0.3) is 0 Å². The molecule has 1 aromatic rings. The second kappa shape index (κ2) is 6.31. The third-order valence-corrected chi connectivity index (χ3v) is 6.07. The maximum absolute atomic E-state index is 12.9. The van der Waals surface area contributed by atoms with Gasteiger partial charge in [0.2, 0.25) is 10.0 Å². The van der Waals surface area contributed by atoms with Crippen LogP contribution in [0.3, 0.4) is 0 Å². The molecule has 1 unspecified atom stereocenters. The van der Waals surface area contributed by atoms with Crippen molar-refractivity contribution in [3.05, 3.63) is 23.3 Å². The number of aryl methyl sites for hydroxylation is 2. The lowest BCUT2D eigenvalue weighted by Crippen LogP contribution is -2.43. The topological polar surface area (TPSA) is 84.7 Å². The number of rotatable bonds is 4. The number of hydrogen-bond donors (Lipinski definition) is 2. The molecule has 7 heteroatoms. The second-order valence-electron chi connectivity index (χ2n) is 5.45. The molecule has 1 aromatic carbocycles. The molecule has 1 aliphatic heterocycles. The van der Waals surface area contributed by atoms with Crippen molar-refractivity contribution < 1.29 is 13.2 Å². The van der Waals surface area contributed by atoms with Crippen LogP contribution in [0, 0.1) is 13.8 Å². The van der Waals surface area contributed by atoms with E-state index in [9.17, 15) is 8.42 Å². The maximum Gasteiger partial charge on any atom is 0.243 e. The van der Waals surface area contributed by atoms with Gasteiger partial charge in [-0.2, -0.15) is 4.31 Å². The zero-order chi connectivity index (χ0) is 15.6. The quantitative estimate of drug-likeness (QED) is 0.648. The Hall–Kier alpha value is -1.15. The highest BCUT2D eigenvalue weighted by atomic mass is 32.2. The van der Waals surface area contributed by atoms with Crippen molar-refractivity contribution in [2.45, 2.75) is 37.7 Å². The van der Waals surface area contributed by atoms with E-state index < -0.39 is 10.0 Å². The summed E-state index contributed by atoms with van der Waals surface area (Å²) >= 11 is 0. The van der Waals surface area contributed by atoms with Gasteiger partial charge < -0.3 is 10.2 Å². The van der Waals surface area contributed by atoms with Crippen molar-refractivity contribution in [3.63, 3.8) is 0 Å². The van der Waals surface area contributed by atoms with Gasteiger partial charge in [-0.05, 0) is 49.9 Å². The highest BCUT2D eigenvalue weighted by Gasteiger charge is 2.32. The van der Waals surface area contributed by atoms with Crippen molar-refractivity contribution in [1.82, 2.24) is 4.31 Å². The minimum absolute atomic E-state index is 0.0286. The number of nitrogens with one attached hydrogen (secondary N) is 1. The summed E-state index contributed by atoms with van der Waals surface area (Å²) in [6, 6.07) is 3.50. The molecule has 1 fully saturated rings. The van der Waals surface area contributed by atoms with Crippen molar-refractivity contribution in [2.24, 2.45) is 5.84 Å². The number of nitrogen functional groups attached to an aromatic ring is 1. The minimum Gasteiger partial charge on any atom is -0.380 e. The number of hydrazine groups is 1. The molecular weight excluding hydrogens is 290 g/mol. The molecule has 0 spiro atoms. The number of piperidine rings is 1. The third-order valence-electron chi connectivity index (χ3n) is 3.90. The van der Waals surface area contributed by atoms with E-state index in [0.29, 0.717) is 34.8 Å². The molecule has 0 aliphatic carbocycles. The lowest BCUT2D eigenvalue weighted by atomic mass is 10.1. The monoisotopic (exact) mass is 313 g/mol. The zero-order valence-corrected chi connectivity index (χ0v) is 13.5. The van der Waals surface area contributed by atoms with Gasteiger partial charge in [0.15, 0.2) is 0 Å². The van der Waals surface area contributed by atoms with Crippen LogP contribution < -0.4 is 11.3 Å². The fraction of sp³-hybridized carbons (Fsp3) is 0.571. The third kappa shape index (κ3) is 3.21. The molecule has 118 valence electrons. The fourth-order valence-electron chi connectivity index (χ4n) is 2.89. The van der Waals surface area contributed by atoms with Crippen LogP contribution in [-0.4, -0.2) is 39.0 Å². The zero-order valence-electron chi connectivity index (χ0n) is 12.7. The molecule has 0 radical (unpaired) electrons. The Morgan fingerprint density at radius 2 is 1.95 bits per heavy atom. The largest absolute Gasteiger partial charge is 0.380 e. The van der Waals surface area contributed by atoms with Crippen LogP contribution in [0.2, 0.25) is 0 Å². The van der Waals surface area contributed by atoms with Crippen LogP contribution in [0.1, 0.15) is 24.0 Å². The first-order valence-corrected chi connectivity index (χ1v) is 8.45. The average molecular weight is 313 g/mol. The number of ether oxygens (including phenoxy) is 1. The van der Waals surface area contributed by atoms with E-state index in [-0.39, 0.29) is 6.10 Å². The molecule has 3 N–H and O–H groups in total. The van der Waals surface area contributed by atoms with E-state index in [1.807, 2.05) is 0 Å². The number of nitrogens with two attached hydrogens (primary N) is 1. The normalized spacial score (nSPS) is 20.5. The van der Waals surface area contributed by atoms with Gasteiger partial charge >= 0.3 is 0 Å². The van der Waals surface area contributed by atoms with Crippen LogP contribution in [0.5, 0.6) is 0 Å². The van der Waals surface area contributed by atoms with E-state index >= 15 is 0 Å². The van der Waals surface area contributed by atoms with Gasteiger partial charge in [0.05, 0.1) is 11.0 Å². The van der Waals surface area contributed by atoms with Crippen molar-refractivity contribution in [2.75, 3.05) is 25.6 Å². The SMILES string of the molecule is COC1CCCN(S(=O)(=O)c2c(C)cc(NN)cc2C)C1. The molecular formula is C14H23N3O3S. The Labute approximate surface area is 126 Å². The van der Waals surface area contributed by atoms with E-state index in [2.05, 4.69) is 5.43 Å². The lowest BCUT2D eigenvalue weighted by Gasteiger charge is -2.32. The van der Waals surface area contributed by atoms with Crippen LogP contribution in [0.25, 0.3) is 0 Å². The molecule has 1 atom stereocenters. The Morgan fingerprint density at radius 1 is 1.33 bits per heavy atom. The van der Waals surface area contributed by atoms with Gasteiger partial charge in [0.1, 0.15) is 0 Å². The summed E-state index contributed by atoms with van der Waals surface area (Å²) in [7, 11) is -1.88. The van der Waals surface area contributed by atoms with Gasteiger partial charge in [0, 0.05) is 25.9 Å². The Kier molecular flexibility index (Phi) is 4.88. The van der Waals surface area contributed by atoms with Gasteiger partial charge in [-0.1, -0.05) is 0 Å². The van der Waals surface area contributed by atoms with Crippen molar-refractivity contribution in [1.29, 1.82) is 0 Å². The maximum atomic E-state index is 12.9. The van der Waals surface area contributed by atoms with E-state index in [4.69, 9.17) is 10.6 Å². The van der Waals surface area contributed by atoms with Gasteiger partial charge in [-0.3, -0.25) is 5.84 Å². The summed E-state index contributed by atoms with van der Waals surface area (Å²) in [6.07, 6.45) is 1.69. The smallest absolute Gasteiger partial charge is 0.243 e. The van der Waals surface area contributed by atoms with Crippen LogP contribution in [0.4, 0.5) is 5.69 Å². The summed E-state index contributed by atoms with van der Waals surface area (Å²) in [5, 5.41) is 0. The predicted molar refractivity (Wildman–Crippen MR) is 82.5 cm³/mol. The standard InChI is InChI=1S/C14H23N3O3S/c1-10-7-12(16-15)8-11(2)14(10)21(18,19)17-6-4-5-13(9-17)20-3/h7-8,13,16H,4-6,9,15H2,1-3H3. The van der Waals surface area contributed by atoms with Crippen molar-refractivity contribution in [3.8, 4) is 0 Å². The average Bonchev–Trinajstić information content (AvgIpc) is 2.46. The number of methoxy groups -OCH3 is 1. The first-order chi connectivity index (χ1) is 9.90. The molecule has 2 rings (SSSR count). The lowest BCUT2D eigenvalue weighted by molar-refractivity contribution is 0.0571. The number of anilines is 1. The van der Waals surface area contributed by atoms with E-state index in [1.54, 1.807) is 33.1 Å². The van der Waals surface area contributed by atoms with Crippen LogP contribution >= 0.6 is 0 Å². The summed E-state index contributed by atoms with van der Waals surface area (Å²) in [4.78, 5) is 0.373. The molecule has 1 aliphatic rings. The molecule has 0 bridgehead atoms. The first-order valence-electron chi connectivity index (χ1n) is 7.01. The molecule has 0 amide bonds. The summed E-state index contributed by atoms with van der Waals surface area (Å²) in [6.45, 7) is 4.53. The van der Waals surface area contributed by atoms with Crippen molar-refractivity contribution >= 4 is 15.7 Å². The highest BCUT2D eigenvalue weighted by Crippen LogP contribution is 2.29. The van der Waals surface area contributed by atoms with E-state index in [0.717, 1.165) is 12.8 Å². The number of nitrogens with zero attached hydrogens (tertiary/aromatic N) is 1. The first kappa shape index (κ1) is 16.2. The van der Waals surface area contributed by atoms with Crippen LogP contribution in [0.15, 0.2) is 17.0 Å².